The molecule has 2 fully saturated rings. The van der Waals surface area contributed by atoms with Gasteiger partial charge < -0.3 is 9.80 Å². The monoisotopic (exact) mass is 545 g/mol. The molecule has 2 aromatic carbocycles. The van der Waals surface area contributed by atoms with Crippen LogP contribution in [0.3, 0.4) is 0 Å². The van der Waals surface area contributed by atoms with Crippen LogP contribution in [0, 0.1) is 6.92 Å². The second-order valence-electron chi connectivity index (χ2n) is 10.4. The molecule has 0 amide bonds. The standard InChI is InChI=1S/C29H35ClF3N5/c1-3-12-35-14-16-36(17-15-35)24-9-6-22(7-10-24)26-11-8-23(30)18-27(26)37-13-4-5-25(20-37)38-28(29(31,32)33)21(2)19-34-38/h6-11,18-19,25H,3-5,12-17,20H2,1-2H3. The van der Waals surface area contributed by atoms with Gasteiger partial charge in [0.2, 0.25) is 0 Å². The predicted molar refractivity (Wildman–Crippen MR) is 148 cm³/mol. The van der Waals surface area contributed by atoms with Crippen LogP contribution in [-0.4, -0.2) is 60.5 Å². The Kier molecular flexibility index (Phi) is 7.91. The summed E-state index contributed by atoms with van der Waals surface area (Å²) in [4.78, 5) is 7.10. The number of piperazine rings is 1. The maximum atomic E-state index is 13.8. The van der Waals surface area contributed by atoms with E-state index in [1.54, 1.807) is 0 Å². The quantitative estimate of drug-likeness (QED) is 0.336. The number of aromatic nitrogens is 2. The summed E-state index contributed by atoms with van der Waals surface area (Å²) in [5.74, 6) is 0. The van der Waals surface area contributed by atoms with Crippen molar-refractivity contribution in [3.8, 4) is 11.1 Å². The first kappa shape index (κ1) is 26.9. The van der Waals surface area contributed by atoms with E-state index in [4.69, 9.17) is 11.6 Å². The summed E-state index contributed by atoms with van der Waals surface area (Å²) in [5.41, 5.74) is 3.76. The number of halogens is 4. The Bertz CT molecular complexity index is 1230. The number of hydrogen-bond acceptors (Lipinski definition) is 4. The summed E-state index contributed by atoms with van der Waals surface area (Å²) in [7, 11) is 0. The number of benzene rings is 2. The van der Waals surface area contributed by atoms with Gasteiger partial charge in [-0.25, -0.2) is 0 Å². The van der Waals surface area contributed by atoms with Crippen LogP contribution < -0.4 is 9.80 Å². The van der Waals surface area contributed by atoms with Crippen LogP contribution in [0.15, 0.2) is 48.7 Å². The number of alkyl halides is 3. The number of anilines is 2. The van der Waals surface area contributed by atoms with Crippen molar-refractivity contribution in [2.24, 2.45) is 0 Å². The van der Waals surface area contributed by atoms with Gasteiger partial charge in [0.25, 0.3) is 0 Å². The van der Waals surface area contributed by atoms with Crippen molar-refractivity contribution in [3.05, 3.63) is 64.9 Å². The minimum atomic E-state index is -4.44. The van der Waals surface area contributed by atoms with Crippen LogP contribution >= 0.6 is 11.6 Å². The predicted octanol–water partition coefficient (Wildman–Crippen LogP) is 6.90. The third kappa shape index (κ3) is 5.66. The number of piperidine rings is 1. The maximum Gasteiger partial charge on any atom is 0.433 e. The van der Waals surface area contributed by atoms with Crippen LogP contribution in [0.25, 0.3) is 11.1 Å². The molecule has 2 saturated heterocycles. The molecule has 38 heavy (non-hydrogen) atoms. The first-order valence-electron chi connectivity index (χ1n) is 13.5. The summed E-state index contributed by atoms with van der Waals surface area (Å²) >= 11 is 6.42. The summed E-state index contributed by atoms with van der Waals surface area (Å²) in [6.07, 6.45) is -0.514. The summed E-state index contributed by atoms with van der Waals surface area (Å²) in [5, 5.41) is 4.75. The van der Waals surface area contributed by atoms with Crippen LogP contribution in [0.1, 0.15) is 43.5 Å². The molecule has 1 unspecified atom stereocenters. The van der Waals surface area contributed by atoms with Gasteiger partial charge in [0.05, 0.1) is 12.2 Å². The Balaban J connectivity index is 1.37. The van der Waals surface area contributed by atoms with E-state index in [1.165, 1.54) is 29.9 Å². The van der Waals surface area contributed by atoms with Gasteiger partial charge in [-0.1, -0.05) is 36.7 Å². The SMILES string of the molecule is CCCN1CCN(c2ccc(-c3ccc(Cl)cc3N3CCCC(n4ncc(C)c4C(F)(F)F)C3)cc2)CC1. The normalized spacial score (nSPS) is 19.3. The summed E-state index contributed by atoms with van der Waals surface area (Å²) in [6.45, 7) is 10.2. The molecule has 1 atom stereocenters. The zero-order chi connectivity index (χ0) is 26.9. The highest BCUT2D eigenvalue weighted by atomic mass is 35.5. The van der Waals surface area contributed by atoms with Gasteiger partial charge in [-0.15, -0.1) is 0 Å². The molecular formula is C29H35ClF3N5. The summed E-state index contributed by atoms with van der Waals surface area (Å²) < 4.78 is 42.5. The Morgan fingerprint density at radius 2 is 1.71 bits per heavy atom. The zero-order valence-corrected chi connectivity index (χ0v) is 22.8. The highest BCUT2D eigenvalue weighted by Crippen LogP contribution is 2.39. The van der Waals surface area contributed by atoms with Gasteiger partial charge in [0.1, 0.15) is 5.69 Å². The lowest BCUT2D eigenvalue weighted by Gasteiger charge is -2.37. The summed E-state index contributed by atoms with van der Waals surface area (Å²) in [6, 6.07) is 14.1. The molecule has 3 aromatic rings. The fourth-order valence-electron chi connectivity index (χ4n) is 5.86. The first-order chi connectivity index (χ1) is 18.2. The molecular weight excluding hydrogens is 511 g/mol. The van der Waals surface area contributed by atoms with Crippen molar-refractivity contribution in [2.75, 3.05) is 55.6 Å². The molecule has 204 valence electrons. The Morgan fingerprint density at radius 3 is 2.39 bits per heavy atom. The molecule has 2 aliphatic heterocycles. The van der Waals surface area contributed by atoms with Crippen molar-refractivity contribution >= 4 is 23.0 Å². The molecule has 0 N–H and O–H groups in total. The topological polar surface area (TPSA) is 27.5 Å². The average molecular weight is 546 g/mol. The number of nitrogens with zero attached hydrogens (tertiary/aromatic N) is 5. The van der Waals surface area contributed by atoms with Gasteiger partial charge >= 0.3 is 6.18 Å². The lowest BCUT2D eigenvalue weighted by atomic mass is 9.99. The zero-order valence-electron chi connectivity index (χ0n) is 22.0. The third-order valence-electron chi connectivity index (χ3n) is 7.75. The maximum absolute atomic E-state index is 13.8. The molecule has 2 aliphatic rings. The van der Waals surface area contributed by atoms with Crippen molar-refractivity contribution in [1.29, 1.82) is 0 Å². The van der Waals surface area contributed by atoms with Crippen molar-refractivity contribution in [2.45, 2.75) is 45.3 Å². The highest BCUT2D eigenvalue weighted by Gasteiger charge is 2.39. The van der Waals surface area contributed by atoms with Gasteiger partial charge in [-0.3, -0.25) is 9.58 Å². The number of hydrogen-bond donors (Lipinski definition) is 0. The van der Waals surface area contributed by atoms with Gasteiger partial charge in [0, 0.05) is 61.2 Å². The largest absolute Gasteiger partial charge is 0.433 e. The van der Waals surface area contributed by atoms with E-state index >= 15 is 0 Å². The van der Waals surface area contributed by atoms with Crippen LogP contribution in [0.2, 0.25) is 5.02 Å². The molecule has 0 bridgehead atoms. The van der Waals surface area contributed by atoms with E-state index in [0.29, 0.717) is 18.0 Å². The van der Waals surface area contributed by atoms with Crippen LogP contribution in [0.4, 0.5) is 24.5 Å². The number of rotatable bonds is 6. The van der Waals surface area contributed by atoms with Gasteiger partial charge in [-0.2, -0.15) is 18.3 Å². The molecule has 0 spiro atoms. The molecule has 5 nitrogen and oxygen atoms in total. The van der Waals surface area contributed by atoms with E-state index in [-0.39, 0.29) is 11.6 Å². The third-order valence-corrected chi connectivity index (χ3v) is 7.98. The minimum absolute atomic E-state index is 0.157. The lowest BCUT2D eigenvalue weighted by molar-refractivity contribution is -0.145. The van der Waals surface area contributed by atoms with Crippen molar-refractivity contribution in [3.63, 3.8) is 0 Å². The van der Waals surface area contributed by atoms with E-state index in [2.05, 4.69) is 51.0 Å². The fraction of sp³-hybridized carbons (Fsp3) is 0.483. The Morgan fingerprint density at radius 1 is 0.974 bits per heavy atom. The van der Waals surface area contributed by atoms with E-state index in [1.807, 2.05) is 18.2 Å². The van der Waals surface area contributed by atoms with Crippen LogP contribution in [0.5, 0.6) is 0 Å². The number of aryl methyl sites for hydroxylation is 1. The first-order valence-corrected chi connectivity index (χ1v) is 13.9. The molecule has 3 heterocycles. The lowest BCUT2D eigenvalue weighted by Crippen LogP contribution is -2.46. The molecule has 0 aliphatic carbocycles. The minimum Gasteiger partial charge on any atom is -0.369 e. The van der Waals surface area contributed by atoms with E-state index in [0.717, 1.165) is 62.5 Å². The van der Waals surface area contributed by atoms with E-state index in [9.17, 15) is 13.2 Å². The average Bonchev–Trinajstić information content (AvgIpc) is 3.32. The Hall–Kier alpha value is -2.71. The molecule has 5 rings (SSSR count). The van der Waals surface area contributed by atoms with Crippen molar-refractivity contribution < 1.29 is 13.2 Å². The van der Waals surface area contributed by atoms with Gasteiger partial charge in [0.15, 0.2) is 0 Å². The van der Waals surface area contributed by atoms with Crippen LogP contribution in [-0.2, 0) is 6.18 Å². The molecule has 1 aromatic heterocycles. The van der Waals surface area contributed by atoms with Crippen molar-refractivity contribution in [1.82, 2.24) is 14.7 Å². The molecule has 9 heteroatoms. The highest BCUT2D eigenvalue weighted by molar-refractivity contribution is 6.31. The Labute approximate surface area is 227 Å². The van der Waals surface area contributed by atoms with E-state index < -0.39 is 11.9 Å². The van der Waals surface area contributed by atoms with Gasteiger partial charge in [-0.05, 0) is 68.1 Å². The molecule has 0 saturated carbocycles. The fourth-order valence-corrected chi connectivity index (χ4v) is 6.03. The second-order valence-corrected chi connectivity index (χ2v) is 10.8. The smallest absolute Gasteiger partial charge is 0.369 e. The molecule has 0 radical (unpaired) electrons. The second kappa shape index (κ2) is 11.2.